The van der Waals surface area contributed by atoms with Crippen LogP contribution in [0, 0.1) is 0 Å². The Balaban J connectivity index is 2.39. The summed E-state index contributed by atoms with van der Waals surface area (Å²) in [7, 11) is 0. The fourth-order valence-corrected chi connectivity index (χ4v) is 1.82. The highest BCUT2D eigenvalue weighted by Crippen LogP contribution is 2.23. The molecule has 0 saturated heterocycles. The summed E-state index contributed by atoms with van der Waals surface area (Å²) in [5.41, 5.74) is -0.499. The molecule has 0 fully saturated rings. The molecule has 0 aliphatic heterocycles. The van der Waals surface area contributed by atoms with Crippen LogP contribution in [0.5, 0.6) is 0 Å². The third kappa shape index (κ3) is 6.71. The molecule has 19 heavy (non-hydrogen) atoms. The Morgan fingerprint density at radius 3 is 2.21 bits per heavy atom. The third-order valence-corrected chi connectivity index (χ3v) is 3.34. The summed E-state index contributed by atoms with van der Waals surface area (Å²) in [6.45, 7) is 6.26. The molecule has 0 saturated carbocycles. The second kappa shape index (κ2) is 7.04. The monoisotopic (exact) mass is 266 g/mol. The molecule has 1 aromatic rings. The summed E-state index contributed by atoms with van der Waals surface area (Å²) in [6, 6.07) is 9.91. The molecule has 0 radical (unpaired) electrons. The molecule has 1 aromatic carbocycles. The van der Waals surface area contributed by atoms with Crippen molar-refractivity contribution in [2.45, 2.75) is 57.8 Å². The molecule has 0 aromatic heterocycles. The molecule has 3 heteroatoms. The van der Waals surface area contributed by atoms with E-state index in [9.17, 15) is 10.2 Å². The average Bonchev–Trinajstić information content (AvgIpc) is 2.37. The van der Waals surface area contributed by atoms with Gasteiger partial charge in [-0.1, -0.05) is 37.3 Å². The zero-order valence-corrected chi connectivity index (χ0v) is 12.2. The van der Waals surface area contributed by atoms with E-state index in [-0.39, 0.29) is 0 Å². The minimum absolute atomic E-state index is 0.300. The number of rotatable bonds is 8. The van der Waals surface area contributed by atoms with Gasteiger partial charge in [0.1, 0.15) is 0 Å². The van der Waals surface area contributed by atoms with E-state index in [0.717, 1.165) is 5.56 Å². The maximum absolute atomic E-state index is 10.4. The molecule has 0 aliphatic carbocycles. The Kier molecular flexibility index (Phi) is 5.98. The highest BCUT2D eigenvalue weighted by atomic mass is 16.5. The molecule has 3 nitrogen and oxygen atoms in total. The number of hydrogen-bond donors (Lipinski definition) is 2. The van der Waals surface area contributed by atoms with Crippen LogP contribution in [0.25, 0.3) is 0 Å². The van der Waals surface area contributed by atoms with E-state index in [1.54, 1.807) is 13.8 Å². The van der Waals surface area contributed by atoms with Crippen LogP contribution in [0.2, 0.25) is 0 Å². The lowest BCUT2D eigenvalue weighted by Gasteiger charge is -2.29. The first-order valence-corrected chi connectivity index (χ1v) is 6.91. The van der Waals surface area contributed by atoms with Crippen LogP contribution in [0.4, 0.5) is 0 Å². The van der Waals surface area contributed by atoms with Crippen molar-refractivity contribution in [3.8, 4) is 0 Å². The van der Waals surface area contributed by atoms with Crippen molar-refractivity contribution >= 4 is 0 Å². The van der Waals surface area contributed by atoms with Gasteiger partial charge in [-0.3, -0.25) is 0 Å². The predicted molar refractivity (Wildman–Crippen MR) is 76.9 cm³/mol. The maximum atomic E-state index is 10.4. The van der Waals surface area contributed by atoms with Gasteiger partial charge in [0.25, 0.3) is 0 Å². The van der Waals surface area contributed by atoms with Gasteiger partial charge in [-0.15, -0.1) is 0 Å². The van der Waals surface area contributed by atoms with E-state index < -0.39 is 11.2 Å². The van der Waals surface area contributed by atoms with Gasteiger partial charge in [0, 0.05) is 0 Å². The van der Waals surface area contributed by atoms with Crippen molar-refractivity contribution in [2.24, 2.45) is 0 Å². The SMILES string of the molecule is CCC(O)(CCC(C)(C)O)COCc1ccccc1. The van der Waals surface area contributed by atoms with Crippen molar-refractivity contribution < 1.29 is 14.9 Å². The zero-order chi connectivity index (χ0) is 14.4. The maximum Gasteiger partial charge on any atom is 0.0878 e. The van der Waals surface area contributed by atoms with Crippen molar-refractivity contribution in [2.75, 3.05) is 6.61 Å². The molecule has 108 valence electrons. The third-order valence-electron chi connectivity index (χ3n) is 3.34. The van der Waals surface area contributed by atoms with Crippen LogP contribution < -0.4 is 0 Å². The Bertz CT molecular complexity index is 356. The van der Waals surface area contributed by atoms with Gasteiger partial charge in [-0.2, -0.15) is 0 Å². The molecule has 1 atom stereocenters. The molecule has 0 bridgehead atoms. The summed E-state index contributed by atoms with van der Waals surface area (Å²) >= 11 is 0. The van der Waals surface area contributed by atoms with E-state index >= 15 is 0 Å². The first-order valence-electron chi connectivity index (χ1n) is 6.91. The predicted octanol–water partition coefficient (Wildman–Crippen LogP) is 2.90. The van der Waals surface area contributed by atoms with E-state index in [2.05, 4.69) is 0 Å². The highest BCUT2D eigenvalue weighted by molar-refractivity contribution is 5.13. The molecule has 0 spiro atoms. The Hall–Kier alpha value is -0.900. The average molecular weight is 266 g/mol. The first kappa shape index (κ1) is 16.2. The largest absolute Gasteiger partial charge is 0.390 e. The molecule has 0 amide bonds. The molecule has 1 rings (SSSR count). The molecule has 0 aliphatic rings. The lowest BCUT2D eigenvalue weighted by Crippen LogP contribution is -2.36. The number of hydrogen-bond acceptors (Lipinski definition) is 3. The zero-order valence-electron chi connectivity index (χ0n) is 12.2. The number of benzene rings is 1. The van der Waals surface area contributed by atoms with Crippen molar-refractivity contribution in [1.29, 1.82) is 0 Å². The van der Waals surface area contributed by atoms with Crippen molar-refractivity contribution in [3.63, 3.8) is 0 Å². The lowest BCUT2D eigenvalue weighted by atomic mass is 9.90. The second-order valence-electron chi connectivity index (χ2n) is 5.87. The van der Waals surface area contributed by atoms with Gasteiger partial charge >= 0.3 is 0 Å². The van der Waals surface area contributed by atoms with E-state index in [1.165, 1.54) is 0 Å². The lowest BCUT2D eigenvalue weighted by molar-refractivity contribution is -0.0715. The highest BCUT2D eigenvalue weighted by Gasteiger charge is 2.27. The van der Waals surface area contributed by atoms with Gasteiger partial charge in [0.05, 0.1) is 24.4 Å². The summed E-state index contributed by atoms with van der Waals surface area (Å²) in [4.78, 5) is 0. The first-order chi connectivity index (χ1) is 8.85. The van der Waals surface area contributed by atoms with Gasteiger partial charge < -0.3 is 14.9 Å². The van der Waals surface area contributed by atoms with Crippen LogP contribution in [0.1, 0.15) is 45.6 Å². The van der Waals surface area contributed by atoms with Crippen LogP contribution in [-0.2, 0) is 11.3 Å². The van der Waals surface area contributed by atoms with Gasteiger partial charge in [0.2, 0.25) is 0 Å². The summed E-state index contributed by atoms with van der Waals surface area (Å²) < 4.78 is 5.61. The van der Waals surface area contributed by atoms with Crippen LogP contribution in [-0.4, -0.2) is 28.0 Å². The van der Waals surface area contributed by atoms with Crippen LogP contribution in [0.15, 0.2) is 30.3 Å². The molecule has 0 heterocycles. The Labute approximate surface area is 116 Å². The summed E-state index contributed by atoms with van der Waals surface area (Å²) in [5.74, 6) is 0. The minimum atomic E-state index is -0.852. The minimum Gasteiger partial charge on any atom is -0.390 e. The summed E-state index contributed by atoms with van der Waals surface area (Å²) in [5, 5.41) is 20.2. The Morgan fingerprint density at radius 1 is 1.05 bits per heavy atom. The van der Waals surface area contributed by atoms with E-state index in [4.69, 9.17) is 4.74 Å². The van der Waals surface area contributed by atoms with Crippen LogP contribution >= 0.6 is 0 Å². The molecular weight excluding hydrogens is 240 g/mol. The molecular formula is C16H26O3. The van der Waals surface area contributed by atoms with Gasteiger partial charge in [-0.05, 0) is 38.7 Å². The van der Waals surface area contributed by atoms with Crippen molar-refractivity contribution in [3.05, 3.63) is 35.9 Å². The van der Waals surface area contributed by atoms with E-state index in [1.807, 2.05) is 37.3 Å². The fourth-order valence-electron chi connectivity index (χ4n) is 1.82. The fraction of sp³-hybridized carbons (Fsp3) is 0.625. The van der Waals surface area contributed by atoms with Gasteiger partial charge in [0.15, 0.2) is 0 Å². The topological polar surface area (TPSA) is 49.7 Å². The van der Waals surface area contributed by atoms with Crippen LogP contribution in [0.3, 0.4) is 0 Å². The second-order valence-corrected chi connectivity index (χ2v) is 5.87. The normalized spacial score (nSPS) is 15.2. The Morgan fingerprint density at radius 2 is 1.68 bits per heavy atom. The van der Waals surface area contributed by atoms with E-state index in [0.29, 0.717) is 32.5 Å². The molecule has 1 unspecified atom stereocenters. The summed E-state index contributed by atoms with van der Waals surface area (Å²) in [6.07, 6.45) is 1.73. The van der Waals surface area contributed by atoms with Gasteiger partial charge in [-0.25, -0.2) is 0 Å². The quantitative estimate of drug-likeness (QED) is 0.760. The van der Waals surface area contributed by atoms with Crippen molar-refractivity contribution in [1.82, 2.24) is 0 Å². The molecule has 2 N–H and O–H groups in total. The number of aliphatic hydroxyl groups is 2. The smallest absolute Gasteiger partial charge is 0.0878 e. The standard InChI is InChI=1S/C16H26O3/c1-4-16(18,11-10-15(2,3)17)13-19-12-14-8-6-5-7-9-14/h5-9,17-18H,4,10-13H2,1-3H3. The number of ether oxygens (including phenoxy) is 1.